The number of nitrogen functional groups attached to an aromatic ring is 3. The van der Waals surface area contributed by atoms with Crippen molar-refractivity contribution in [3.05, 3.63) is 41.1 Å². The summed E-state index contributed by atoms with van der Waals surface area (Å²) < 4.78 is 1.65. The molecule has 2 aliphatic heterocycles. The highest BCUT2D eigenvalue weighted by Gasteiger charge is 2.53. The lowest BCUT2D eigenvalue weighted by Crippen LogP contribution is -2.71. The normalized spacial score (nSPS) is 18.4. The molecule has 4 heterocycles. The SMILES string of the molecule is C=CC[n+]1c(N)cc(N)nc1SCC1=C(C(=O)[O-])N2C(=O)C(NC(=O)/C(=N\OCC(=O)O)c3csc(N)n3)[C@H]2SC1. The molecule has 1 saturated heterocycles. The minimum Gasteiger partial charge on any atom is -0.543 e. The third kappa shape index (κ3) is 6.36. The van der Waals surface area contributed by atoms with Crippen LogP contribution in [0.1, 0.15) is 5.69 Å². The van der Waals surface area contributed by atoms with Crippen LogP contribution in [0.25, 0.3) is 0 Å². The summed E-state index contributed by atoms with van der Waals surface area (Å²) in [6.07, 6.45) is 1.62. The number of rotatable bonds is 12. The summed E-state index contributed by atoms with van der Waals surface area (Å²) in [5.74, 6) is -3.57. The number of thiazole rings is 1. The molecule has 2 aliphatic rings. The first-order valence-corrected chi connectivity index (χ1v) is 14.4. The second kappa shape index (κ2) is 12.4. The van der Waals surface area contributed by atoms with Crippen molar-refractivity contribution in [3.8, 4) is 0 Å². The number of oxime groups is 1. The van der Waals surface area contributed by atoms with E-state index < -0.39 is 47.5 Å². The third-order valence-corrected chi connectivity index (χ3v) is 8.68. The van der Waals surface area contributed by atoms with E-state index in [0.29, 0.717) is 23.1 Å². The number of carboxylic acid groups (broad SMARTS) is 2. The third-order valence-electron chi connectivity index (χ3n) is 5.60. The summed E-state index contributed by atoms with van der Waals surface area (Å²) in [6, 6.07) is 0.382. The van der Waals surface area contributed by atoms with Crippen molar-refractivity contribution >= 4 is 81.1 Å². The van der Waals surface area contributed by atoms with Crippen LogP contribution in [0, 0.1) is 0 Å². The largest absolute Gasteiger partial charge is 0.543 e. The minimum absolute atomic E-state index is 0.00874. The Hall–Kier alpha value is -4.36. The van der Waals surface area contributed by atoms with Crippen LogP contribution in [0.5, 0.6) is 0 Å². The smallest absolute Gasteiger partial charge is 0.344 e. The van der Waals surface area contributed by atoms with Crippen molar-refractivity contribution in [2.75, 3.05) is 35.3 Å². The average Bonchev–Trinajstić information content (AvgIpc) is 3.34. The molecule has 1 unspecified atom stereocenters. The van der Waals surface area contributed by atoms with Gasteiger partial charge >= 0.3 is 11.1 Å². The molecule has 2 aromatic heterocycles. The van der Waals surface area contributed by atoms with E-state index >= 15 is 0 Å². The first kappa shape index (κ1) is 29.6. The van der Waals surface area contributed by atoms with Crippen LogP contribution >= 0.6 is 34.9 Å². The minimum atomic E-state index is -1.55. The number of aromatic nitrogens is 3. The molecule has 2 atom stereocenters. The number of fused-ring (bicyclic) bond motifs is 1. The van der Waals surface area contributed by atoms with Gasteiger partial charge in [-0.3, -0.25) is 14.5 Å². The number of amides is 2. The van der Waals surface area contributed by atoms with Gasteiger partial charge in [0.15, 0.2) is 10.8 Å². The number of anilines is 3. The van der Waals surface area contributed by atoms with Gasteiger partial charge in [0, 0.05) is 16.9 Å². The molecule has 41 heavy (non-hydrogen) atoms. The van der Waals surface area contributed by atoms with Gasteiger partial charge in [0.1, 0.15) is 17.1 Å². The van der Waals surface area contributed by atoms with E-state index in [1.807, 2.05) is 0 Å². The zero-order chi connectivity index (χ0) is 29.8. The fraction of sp³-hybridized carbons (Fsp3) is 0.273. The number of β-lactam (4-membered cyclic amide) rings is 1. The van der Waals surface area contributed by atoms with Crippen molar-refractivity contribution in [1.82, 2.24) is 20.2 Å². The van der Waals surface area contributed by atoms with Gasteiger partial charge in [0.05, 0.1) is 24.3 Å². The van der Waals surface area contributed by atoms with Crippen LogP contribution in [0.15, 0.2) is 45.7 Å². The fourth-order valence-electron chi connectivity index (χ4n) is 3.86. The van der Waals surface area contributed by atoms with Gasteiger partial charge in [-0.2, -0.15) is 0 Å². The molecule has 0 spiro atoms. The number of carboxylic acids is 2. The first-order chi connectivity index (χ1) is 19.5. The molecule has 0 aliphatic carbocycles. The number of nitrogens with one attached hydrogen (secondary N) is 1. The second-order valence-corrected chi connectivity index (χ2v) is 11.3. The van der Waals surface area contributed by atoms with Gasteiger partial charge < -0.3 is 42.4 Å². The topological polar surface area (TPSA) is 256 Å². The number of nitrogens with zero attached hydrogens (tertiary/aromatic N) is 5. The second-order valence-electron chi connectivity index (χ2n) is 8.36. The van der Waals surface area contributed by atoms with Crippen LogP contribution in [-0.4, -0.2) is 79.0 Å². The number of hydrogen-bond acceptors (Lipinski definition) is 15. The van der Waals surface area contributed by atoms with E-state index in [0.717, 1.165) is 16.2 Å². The number of thioether (sulfide) groups is 2. The van der Waals surface area contributed by atoms with Crippen molar-refractivity contribution in [1.29, 1.82) is 0 Å². The van der Waals surface area contributed by atoms with Gasteiger partial charge in [0.25, 0.3) is 11.8 Å². The molecule has 8 N–H and O–H groups in total. The molecule has 1 fully saturated rings. The predicted octanol–water partition coefficient (Wildman–Crippen LogP) is -2.24. The number of aliphatic carboxylic acids is 2. The van der Waals surface area contributed by atoms with Gasteiger partial charge in [-0.1, -0.05) is 22.8 Å². The van der Waals surface area contributed by atoms with Gasteiger partial charge in [-0.05, 0) is 17.3 Å². The first-order valence-electron chi connectivity index (χ1n) is 11.5. The maximum absolute atomic E-state index is 13.1. The maximum Gasteiger partial charge on any atom is 0.344 e. The Balaban J connectivity index is 1.52. The molecule has 2 amide bonds. The molecular weight excluding hydrogens is 598 g/mol. The molecule has 19 heteroatoms. The molecule has 0 radical (unpaired) electrons. The molecule has 2 aromatic rings. The highest BCUT2D eigenvalue weighted by atomic mass is 32.2. The van der Waals surface area contributed by atoms with E-state index in [2.05, 4.69) is 27.0 Å². The summed E-state index contributed by atoms with van der Waals surface area (Å²) in [6.45, 7) is 3.22. The van der Waals surface area contributed by atoms with Crippen molar-refractivity contribution in [2.24, 2.45) is 5.16 Å². The molecule has 16 nitrogen and oxygen atoms in total. The van der Waals surface area contributed by atoms with Crippen molar-refractivity contribution in [3.63, 3.8) is 0 Å². The Morgan fingerprint density at radius 3 is 2.76 bits per heavy atom. The van der Waals surface area contributed by atoms with Gasteiger partial charge in [0.2, 0.25) is 18.2 Å². The van der Waals surface area contributed by atoms with E-state index in [-0.39, 0.29) is 33.8 Å². The molecule has 0 saturated carbocycles. The lowest BCUT2D eigenvalue weighted by molar-refractivity contribution is -0.713. The Bertz CT molecular complexity index is 1490. The highest BCUT2D eigenvalue weighted by molar-refractivity contribution is 8.01. The highest BCUT2D eigenvalue weighted by Crippen LogP contribution is 2.41. The summed E-state index contributed by atoms with van der Waals surface area (Å²) in [5.41, 5.74) is 17.2. The zero-order valence-electron chi connectivity index (χ0n) is 21.0. The summed E-state index contributed by atoms with van der Waals surface area (Å²) in [5, 5.41) is 28.2. The molecule has 0 bridgehead atoms. The predicted molar refractivity (Wildman–Crippen MR) is 148 cm³/mol. The molecule has 0 aromatic carbocycles. The molecule has 216 valence electrons. The van der Waals surface area contributed by atoms with E-state index in [4.69, 9.17) is 27.1 Å². The Morgan fingerprint density at radius 1 is 1.37 bits per heavy atom. The number of carbonyl (C=O) groups is 4. The summed E-state index contributed by atoms with van der Waals surface area (Å²) in [7, 11) is 0. The van der Waals surface area contributed by atoms with Crippen molar-refractivity contribution in [2.45, 2.75) is 23.1 Å². The zero-order valence-corrected chi connectivity index (χ0v) is 23.5. The summed E-state index contributed by atoms with van der Waals surface area (Å²) >= 11 is 3.43. The number of nitrogens with two attached hydrogens (primary N) is 3. The Morgan fingerprint density at radius 2 is 2.12 bits per heavy atom. The quantitative estimate of drug-likeness (QED) is 0.0319. The van der Waals surface area contributed by atoms with Crippen molar-refractivity contribution < 1.29 is 38.8 Å². The van der Waals surface area contributed by atoms with Crippen LogP contribution in [0.2, 0.25) is 0 Å². The maximum atomic E-state index is 13.1. The Kier molecular flexibility index (Phi) is 8.98. The number of carbonyl (C=O) groups excluding carboxylic acids is 3. The van der Waals surface area contributed by atoms with E-state index in [1.54, 1.807) is 10.6 Å². The molecule has 4 rings (SSSR count). The summed E-state index contributed by atoms with van der Waals surface area (Å²) in [4.78, 5) is 63.0. The molecular formula is C22H23N9O7S3. The van der Waals surface area contributed by atoms with E-state index in [1.165, 1.54) is 35.0 Å². The lowest BCUT2D eigenvalue weighted by Gasteiger charge is -2.50. The fourth-order valence-corrected chi connectivity index (χ4v) is 6.93. The van der Waals surface area contributed by atoms with Crippen LogP contribution in [-0.2, 0) is 30.6 Å². The number of hydrogen-bond donors (Lipinski definition) is 5. The monoisotopic (exact) mass is 621 g/mol. The average molecular weight is 622 g/mol. The van der Waals surface area contributed by atoms with Crippen LogP contribution in [0.4, 0.5) is 16.8 Å². The van der Waals surface area contributed by atoms with Crippen LogP contribution in [0.3, 0.4) is 0 Å². The van der Waals surface area contributed by atoms with E-state index in [9.17, 15) is 24.3 Å². The van der Waals surface area contributed by atoms with Crippen LogP contribution < -0.4 is 32.2 Å². The van der Waals surface area contributed by atoms with Gasteiger partial charge in [-0.25, -0.2) is 14.3 Å². The lowest BCUT2D eigenvalue weighted by atomic mass is 10.0. The van der Waals surface area contributed by atoms with Gasteiger partial charge in [-0.15, -0.1) is 23.1 Å². The standard InChI is InChI=1S/C22H23N9O7S3/c1-2-3-30-12(24)4-11(23)27-22(30)41-7-9-6-39-19-15(18(35)31(19)16(9)20(36)37)28-17(34)14(29-38-5-13(32)33)10-8-40-21(25)26-10/h2,4,8,15,19H,1,3,5-7H2,(H8,23,24,25,26,28,32,33,34,36,37)/b29-14-/t15?,19-/m1/s1. The number of allylic oxidation sites excluding steroid dienone is 1. The Labute approximate surface area is 244 Å².